The second-order valence-electron chi connectivity index (χ2n) is 6.32. The fraction of sp³-hybridized carbons (Fsp3) is 0.350. The van der Waals surface area contributed by atoms with Gasteiger partial charge in [0.15, 0.2) is 0 Å². The van der Waals surface area contributed by atoms with E-state index in [1.807, 2.05) is 24.3 Å². The molecule has 0 saturated carbocycles. The molecule has 2 atom stereocenters. The van der Waals surface area contributed by atoms with Gasteiger partial charge in [-0.3, -0.25) is 4.79 Å². The van der Waals surface area contributed by atoms with Crippen molar-refractivity contribution in [2.24, 2.45) is 0 Å². The summed E-state index contributed by atoms with van der Waals surface area (Å²) in [5, 5.41) is 10.0. The van der Waals surface area contributed by atoms with E-state index in [9.17, 15) is 14.3 Å². The Morgan fingerprint density at radius 3 is 2.84 bits per heavy atom. The summed E-state index contributed by atoms with van der Waals surface area (Å²) in [5.41, 5.74) is 1.70. The van der Waals surface area contributed by atoms with Crippen molar-refractivity contribution in [3.8, 4) is 5.75 Å². The fourth-order valence-electron chi connectivity index (χ4n) is 3.41. The normalized spacial score (nSPS) is 19.9. The van der Waals surface area contributed by atoms with E-state index in [0.717, 1.165) is 16.9 Å². The summed E-state index contributed by atoms with van der Waals surface area (Å²) in [5.74, 6) is 0.385. The molecule has 1 aliphatic heterocycles. The largest absolute Gasteiger partial charge is 0.496 e. The number of nitrogens with zero attached hydrogens (tertiary/aromatic N) is 1. The highest BCUT2D eigenvalue weighted by molar-refractivity contribution is 5.77. The Labute approximate surface area is 146 Å². The molecule has 0 spiro atoms. The molecule has 4 nitrogen and oxygen atoms in total. The first kappa shape index (κ1) is 17.4. The molecule has 1 heterocycles. The summed E-state index contributed by atoms with van der Waals surface area (Å²) < 4.78 is 18.8. The van der Waals surface area contributed by atoms with E-state index in [2.05, 4.69) is 0 Å². The van der Waals surface area contributed by atoms with Gasteiger partial charge in [-0.2, -0.15) is 0 Å². The quantitative estimate of drug-likeness (QED) is 0.908. The first-order valence-electron chi connectivity index (χ1n) is 8.43. The van der Waals surface area contributed by atoms with E-state index < -0.39 is 6.10 Å². The number of aliphatic hydroxyl groups excluding tert-OH is 1. The number of aliphatic hydroxyl groups is 1. The molecule has 5 heteroatoms. The Morgan fingerprint density at radius 2 is 2.08 bits per heavy atom. The number of methoxy groups -OCH3 is 1. The third kappa shape index (κ3) is 3.99. The number of carbonyl (C=O) groups is 1. The van der Waals surface area contributed by atoms with Crippen LogP contribution in [0.4, 0.5) is 4.39 Å². The molecule has 1 saturated heterocycles. The van der Waals surface area contributed by atoms with Gasteiger partial charge in [0.25, 0.3) is 0 Å². The maximum Gasteiger partial charge on any atom is 0.223 e. The van der Waals surface area contributed by atoms with Gasteiger partial charge in [-0.1, -0.05) is 30.3 Å². The van der Waals surface area contributed by atoms with Gasteiger partial charge in [0.2, 0.25) is 5.91 Å². The number of aryl methyl sites for hydroxylation is 1. The van der Waals surface area contributed by atoms with E-state index >= 15 is 0 Å². The van der Waals surface area contributed by atoms with Gasteiger partial charge in [0.05, 0.1) is 19.3 Å². The number of rotatable bonds is 5. The topological polar surface area (TPSA) is 49.8 Å². The van der Waals surface area contributed by atoms with E-state index in [1.54, 1.807) is 24.1 Å². The van der Waals surface area contributed by atoms with Gasteiger partial charge in [-0.25, -0.2) is 4.39 Å². The molecule has 0 unspecified atom stereocenters. The van der Waals surface area contributed by atoms with Crippen LogP contribution >= 0.6 is 0 Å². The number of amides is 1. The van der Waals surface area contributed by atoms with Crippen LogP contribution < -0.4 is 4.74 Å². The number of hydrogen-bond donors (Lipinski definition) is 1. The van der Waals surface area contributed by atoms with Crippen LogP contribution in [0.15, 0.2) is 48.5 Å². The lowest BCUT2D eigenvalue weighted by Crippen LogP contribution is -2.32. The zero-order valence-electron chi connectivity index (χ0n) is 14.2. The Balaban J connectivity index is 1.71. The number of halogens is 1. The predicted molar refractivity (Wildman–Crippen MR) is 92.8 cm³/mol. The first-order valence-corrected chi connectivity index (χ1v) is 8.43. The Kier molecular flexibility index (Phi) is 5.34. The highest BCUT2D eigenvalue weighted by Gasteiger charge is 2.35. The number of β-amino-alcohol motifs (C(OH)–C–C–N with tert-alkyl or cyclic N) is 1. The van der Waals surface area contributed by atoms with Crippen LogP contribution in [-0.4, -0.2) is 35.7 Å². The van der Waals surface area contributed by atoms with Crippen LogP contribution in [0.2, 0.25) is 0 Å². The van der Waals surface area contributed by atoms with Crippen LogP contribution in [0.25, 0.3) is 0 Å². The Hall–Kier alpha value is -2.40. The van der Waals surface area contributed by atoms with E-state index in [4.69, 9.17) is 4.74 Å². The third-order valence-corrected chi connectivity index (χ3v) is 4.63. The minimum atomic E-state index is -0.580. The molecule has 132 valence electrons. The fourth-order valence-corrected chi connectivity index (χ4v) is 3.41. The Bertz CT molecular complexity index is 749. The van der Waals surface area contributed by atoms with Crippen molar-refractivity contribution in [3.05, 3.63) is 65.5 Å². The molecule has 0 aliphatic carbocycles. The van der Waals surface area contributed by atoms with Gasteiger partial charge in [0.1, 0.15) is 11.6 Å². The minimum absolute atomic E-state index is 0.0447. The lowest BCUT2D eigenvalue weighted by Gasteiger charge is -2.25. The molecule has 1 amide bonds. The molecule has 0 bridgehead atoms. The SMILES string of the molecule is COc1ccccc1CCC(=O)N1C[C@H](O)C[C@@H]1c1cccc(F)c1. The molecule has 1 aliphatic rings. The molecule has 1 fully saturated rings. The van der Waals surface area contributed by atoms with Gasteiger partial charge >= 0.3 is 0 Å². The van der Waals surface area contributed by atoms with Crippen molar-refractivity contribution in [2.75, 3.05) is 13.7 Å². The minimum Gasteiger partial charge on any atom is -0.496 e. The molecule has 0 aromatic heterocycles. The van der Waals surface area contributed by atoms with Crippen molar-refractivity contribution >= 4 is 5.91 Å². The standard InChI is InChI=1S/C20H22FNO3/c1-25-19-8-3-2-5-14(19)9-10-20(24)22-13-17(23)12-18(22)15-6-4-7-16(21)11-15/h2-8,11,17-18,23H,9-10,12-13H2,1H3/t17-,18-/m1/s1. The van der Waals surface area contributed by atoms with E-state index in [0.29, 0.717) is 19.3 Å². The van der Waals surface area contributed by atoms with E-state index in [-0.39, 0.29) is 24.3 Å². The van der Waals surface area contributed by atoms with Crippen LogP contribution in [0.3, 0.4) is 0 Å². The number of hydrogen-bond acceptors (Lipinski definition) is 3. The van der Waals surface area contributed by atoms with Gasteiger partial charge < -0.3 is 14.7 Å². The van der Waals surface area contributed by atoms with Gasteiger partial charge in [-0.05, 0) is 42.2 Å². The average molecular weight is 343 g/mol. The second kappa shape index (κ2) is 7.66. The highest BCUT2D eigenvalue weighted by Crippen LogP contribution is 2.33. The highest BCUT2D eigenvalue weighted by atomic mass is 19.1. The predicted octanol–water partition coefficient (Wildman–Crippen LogP) is 3.10. The summed E-state index contributed by atoms with van der Waals surface area (Å²) in [6.07, 6.45) is 0.733. The first-order chi connectivity index (χ1) is 12.1. The van der Waals surface area contributed by atoms with Crippen molar-refractivity contribution < 1.29 is 19.0 Å². The molecule has 2 aromatic carbocycles. The lowest BCUT2D eigenvalue weighted by molar-refractivity contribution is -0.132. The summed E-state index contributed by atoms with van der Waals surface area (Å²) in [6, 6.07) is 13.6. The molecular formula is C20H22FNO3. The van der Waals surface area contributed by atoms with Gasteiger partial charge in [-0.15, -0.1) is 0 Å². The molecular weight excluding hydrogens is 321 g/mol. The van der Waals surface area contributed by atoms with Crippen molar-refractivity contribution in [3.63, 3.8) is 0 Å². The number of benzene rings is 2. The van der Waals surface area contributed by atoms with Crippen molar-refractivity contribution in [2.45, 2.75) is 31.4 Å². The van der Waals surface area contributed by atoms with Gasteiger partial charge in [0, 0.05) is 13.0 Å². The average Bonchev–Trinajstić information content (AvgIpc) is 3.02. The molecule has 2 aromatic rings. The summed E-state index contributed by atoms with van der Waals surface area (Å²) in [6.45, 7) is 0.284. The maximum atomic E-state index is 13.5. The van der Waals surface area contributed by atoms with Crippen LogP contribution in [0.1, 0.15) is 30.0 Å². The summed E-state index contributed by atoms with van der Waals surface area (Å²) >= 11 is 0. The number of likely N-dealkylation sites (tertiary alicyclic amines) is 1. The zero-order valence-corrected chi connectivity index (χ0v) is 14.2. The Morgan fingerprint density at radius 1 is 1.28 bits per heavy atom. The van der Waals surface area contributed by atoms with E-state index in [1.165, 1.54) is 12.1 Å². The van der Waals surface area contributed by atoms with Crippen LogP contribution in [0, 0.1) is 5.82 Å². The van der Waals surface area contributed by atoms with Crippen LogP contribution in [0.5, 0.6) is 5.75 Å². The number of para-hydroxylation sites is 1. The summed E-state index contributed by atoms with van der Waals surface area (Å²) in [4.78, 5) is 14.4. The van der Waals surface area contributed by atoms with Crippen molar-refractivity contribution in [1.29, 1.82) is 0 Å². The van der Waals surface area contributed by atoms with Crippen molar-refractivity contribution in [1.82, 2.24) is 4.90 Å². The smallest absolute Gasteiger partial charge is 0.223 e. The second-order valence-corrected chi connectivity index (χ2v) is 6.32. The molecule has 0 radical (unpaired) electrons. The lowest BCUT2D eigenvalue weighted by atomic mass is 10.0. The number of ether oxygens (including phenoxy) is 1. The number of carbonyl (C=O) groups excluding carboxylic acids is 1. The maximum absolute atomic E-state index is 13.5. The molecule has 25 heavy (non-hydrogen) atoms. The third-order valence-electron chi connectivity index (χ3n) is 4.63. The van der Waals surface area contributed by atoms with Crippen LogP contribution in [-0.2, 0) is 11.2 Å². The molecule has 3 rings (SSSR count). The summed E-state index contributed by atoms with van der Waals surface area (Å²) in [7, 11) is 1.61. The monoisotopic (exact) mass is 343 g/mol. The molecule has 1 N–H and O–H groups in total. The zero-order chi connectivity index (χ0) is 17.8.